The van der Waals surface area contributed by atoms with E-state index in [0.29, 0.717) is 6.54 Å². The first-order valence-corrected chi connectivity index (χ1v) is 10.4. The molecule has 0 spiro atoms. The van der Waals surface area contributed by atoms with Crippen molar-refractivity contribution in [1.82, 2.24) is 14.9 Å². The Kier molecular flexibility index (Phi) is 6.86. The standard InChI is InChI=1S/C25H31N3O/c1-18(2)17-28-23-11-8-7-10-22(23)27-24(28)12-6-5-9-15-26-25(29)21-14-13-19(3)16-20(21)4/h7-8,10-11,13-14,16H,1,5-6,9,12,15,17H2,2-4H3,(H,26,29). The SMILES string of the molecule is C=C(C)Cn1c(CCCCCNC(=O)c2ccc(C)cc2C)nc2ccccc21. The zero-order valence-electron chi connectivity index (χ0n) is 17.8. The van der Waals surface area contributed by atoms with Gasteiger partial charge < -0.3 is 9.88 Å². The lowest BCUT2D eigenvalue weighted by Crippen LogP contribution is -2.25. The quantitative estimate of drug-likeness (QED) is 0.395. The van der Waals surface area contributed by atoms with Crippen molar-refractivity contribution in [2.75, 3.05) is 6.54 Å². The zero-order valence-corrected chi connectivity index (χ0v) is 17.8. The number of benzene rings is 2. The van der Waals surface area contributed by atoms with Gasteiger partial charge in [-0.3, -0.25) is 4.79 Å². The van der Waals surface area contributed by atoms with E-state index in [4.69, 9.17) is 4.98 Å². The molecule has 0 aliphatic carbocycles. The number of carbonyl (C=O) groups is 1. The number of carbonyl (C=O) groups excluding carboxylic acids is 1. The first-order chi connectivity index (χ1) is 14.0. The van der Waals surface area contributed by atoms with Gasteiger partial charge in [0, 0.05) is 25.1 Å². The number of fused-ring (bicyclic) bond motifs is 1. The number of hydrogen-bond donors (Lipinski definition) is 1. The van der Waals surface area contributed by atoms with E-state index in [2.05, 4.69) is 41.6 Å². The Bertz CT molecular complexity index is 1020. The summed E-state index contributed by atoms with van der Waals surface area (Å²) in [5.74, 6) is 1.14. The summed E-state index contributed by atoms with van der Waals surface area (Å²) in [4.78, 5) is 17.2. The molecule has 0 atom stereocenters. The maximum Gasteiger partial charge on any atom is 0.251 e. The first kappa shape index (κ1) is 20.8. The molecule has 0 aliphatic heterocycles. The fourth-order valence-electron chi connectivity index (χ4n) is 3.71. The minimum Gasteiger partial charge on any atom is -0.352 e. The highest BCUT2D eigenvalue weighted by Gasteiger charge is 2.11. The summed E-state index contributed by atoms with van der Waals surface area (Å²) in [5, 5.41) is 3.05. The van der Waals surface area contributed by atoms with E-state index >= 15 is 0 Å². The van der Waals surface area contributed by atoms with Gasteiger partial charge in [-0.05, 0) is 57.4 Å². The molecule has 1 amide bonds. The second-order valence-corrected chi connectivity index (χ2v) is 7.94. The third kappa shape index (κ3) is 5.35. The van der Waals surface area contributed by atoms with Gasteiger partial charge in [-0.15, -0.1) is 0 Å². The lowest BCUT2D eigenvalue weighted by molar-refractivity contribution is 0.0952. The summed E-state index contributed by atoms with van der Waals surface area (Å²) in [6.45, 7) is 11.7. The largest absolute Gasteiger partial charge is 0.352 e. The van der Waals surface area contributed by atoms with Crippen LogP contribution in [0.5, 0.6) is 0 Å². The average molecular weight is 390 g/mol. The van der Waals surface area contributed by atoms with Crippen LogP contribution < -0.4 is 5.32 Å². The minimum absolute atomic E-state index is 0.0192. The Labute approximate surface area is 173 Å². The molecule has 3 rings (SSSR count). The molecule has 0 saturated carbocycles. The van der Waals surface area contributed by atoms with Gasteiger partial charge in [0.2, 0.25) is 0 Å². The van der Waals surface area contributed by atoms with E-state index in [9.17, 15) is 4.79 Å². The van der Waals surface area contributed by atoms with Gasteiger partial charge in [0.1, 0.15) is 5.82 Å². The smallest absolute Gasteiger partial charge is 0.251 e. The Morgan fingerprint density at radius 3 is 2.66 bits per heavy atom. The predicted molar refractivity (Wildman–Crippen MR) is 120 cm³/mol. The lowest BCUT2D eigenvalue weighted by Gasteiger charge is -2.10. The second-order valence-electron chi connectivity index (χ2n) is 7.94. The topological polar surface area (TPSA) is 46.9 Å². The Morgan fingerprint density at radius 1 is 1.10 bits per heavy atom. The van der Waals surface area contributed by atoms with Crippen LogP contribution in [0.2, 0.25) is 0 Å². The Morgan fingerprint density at radius 2 is 1.90 bits per heavy atom. The van der Waals surface area contributed by atoms with Crippen LogP contribution >= 0.6 is 0 Å². The van der Waals surface area contributed by atoms with Crippen LogP contribution in [0.1, 0.15) is 53.5 Å². The van der Waals surface area contributed by atoms with Crippen LogP contribution in [0.15, 0.2) is 54.6 Å². The molecule has 29 heavy (non-hydrogen) atoms. The van der Waals surface area contributed by atoms with Gasteiger partial charge in [-0.25, -0.2) is 4.98 Å². The average Bonchev–Trinajstić information content (AvgIpc) is 3.01. The van der Waals surface area contributed by atoms with Gasteiger partial charge in [0.05, 0.1) is 11.0 Å². The summed E-state index contributed by atoms with van der Waals surface area (Å²) in [6.07, 6.45) is 4.02. The highest BCUT2D eigenvalue weighted by Crippen LogP contribution is 2.19. The molecule has 0 fully saturated rings. The van der Waals surface area contributed by atoms with E-state index in [1.54, 1.807) is 0 Å². The summed E-state index contributed by atoms with van der Waals surface area (Å²) in [6, 6.07) is 14.2. The van der Waals surface area contributed by atoms with Crippen LogP contribution in [0, 0.1) is 13.8 Å². The molecule has 0 aliphatic rings. The number of nitrogens with one attached hydrogen (secondary N) is 1. The molecule has 1 heterocycles. The number of unbranched alkanes of at least 4 members (excludes halogenated alkanes) is 2. The fraction of sp³-hybridized carbons (Fsp3) is 0.360. The maximum absolute atomic E-state index is 12.3. The van der Waals surface area contributed by atoms with Gasteiger partial charge in [0.15, 0.2) is 0 Å². The fourth-order valence-corrected chi connectivity index (χ4v) is 3.71. The van der Waals surface area contributed by atoms with Gasteiger partial charge >= 0.3 is 0 Å². The monoisotopic (exact) mass is 389 g/mol. The number of allylic oxidation sites excluding steroid dienone is 1. The van der Waals surface area contributed by atoms with Crippen molar-refractivity contribution >= 4 is 16.9 Å². The number of imidazole rings is 1. The minimum atomic E-state index is 0.0192. The van der Waals surface area contributed by atoms with E-state index in [0.717, 1.165) is 60.3 Å². The van der Waals surface area contributed by atoms with Crippen molar-refractivity contribution in [2.24, 2.45) is 0 Å². The van der Waals surface area contributed by atoms with Crippen molar-refractivity contribution in [3.05, 3.63) is 77.1 Å². The van der Waals surface area contributed by atoms with E-state index in [1.165, 1.54) is 11.1 Å². The van der Waals surface area contributed by atoms with Crippen LogP contribution in [-0.4, -0.2) is 22.0 Å². The van der Waals surface area contributed by atoms with E-state index in [1.807, 2.05) is 38.1 Å². The molecule has 1 N–H and O–H groups in total. The van der Waals surface area contributed by atoms with Crippen molar-refractivity contribution < 1.29 is 4.79 Å². The molecular weight excluding hydrogens is 358 g/mol. The summed E-state index contributed by atoms with van der Waals surface area (Å²) >= 11 is 0. The molecular formula is C25H31N3O. The Hall–Kier alpha value is -2.88. The molecule has 0 bridgehead atoms. The van der Waals surface area contributed by atoms with Crippen molar-refractivity contribution in [1.29, 1.82) is 0 Å². The number of amides is 1. The summed E-state index contributed by atoms with van der Waals surface area (Å²) in [5.41, 5.74) is 6.32. The lowest BCUT2D eigenvalue weighted by atomic mass is 10.1. The number of aryl methyl sites for hydroxylation is 3. The van der Waals surface area contributed by atoms with E-state index in [-0.39, 0.29) is 5.91 Å². The molecule has 4 heteroatoms. The van der Waals surface area contributed by atoms with Gasteiger partial charge in [-0.1, -0.05) is 48.4 Å². The van der Waals surface area contributed by atoms with Crippen LogP contribution in [0.4, 0.5) is 0 Å². The number of hydrogen-bond acceptors (Lipinski definition) is 2. The highest BCUT2D eigenvalue weighted by atomic mass is 16.1. The maximum atomic E-state index is 12.3. The molecule has 2 aromatic carbocycles. The van der Waals surface area contributed by atoms with Gasteiger partial charge in [0.25, 0.3) is 5.91 Å². The third-order valence-corrected chi connectivity index (χ3v) is 5.15. The highest BCUT2D eigenvalue weighted by molar-refractivity contribution is 5.95. The molecule has 152 valence electrons. The van der Waals surface area contributed by atoms with Crippen LogP contribution in [0.25, 0.3) is 11.0 Å². The van der Waals surface area contributed by atoms with Crippen molar-refractivity contribution in [2.45, 2.75) is 53.0 Å². The molecule has 0 saturated heterocycles. The molecule has 1 aromatic heterocycles. The van der Waals surface area contributed by atoms with Crippen LogP contribution in [0.3, 0.4) is 0 Å². The van der Waals surface area contributed by atoms with Crippen molar-refractivity contribution in [3.8, 4) is 0 Å². The first-order valence-electron chi connectivity index (χ1n) is 10.4. The zero-order chi connectivity index (χ0) is 20.8. The van der Waals surface area contributed by atoms with Crippen molar-refractivity contribution in [3.63, 3.8) is 0 Å². The molecule has 0 unspecified atom stereocenters. The van der Waals surface area contributed by atoms with E-state index < -0.39 is 0 Å². The summed E-state index contributed by atoms with van der Waals surface area (Å²) in [7, 11) is 0. The van der Waals surface area contributed by atoms with Crippen LogP contribution in [-0.2, 0) is 13.0 Å². The normalized spacial score (nSPS) is 11.0. The van der Waals surface area contributed by atoms with Gasteiger partial charge in [-0.2, -0.15) is 0 Å². The number of rotatable bonds is 9. The second kappa shape index (κ2) is 9.55. The number of para-hydroxylation sites is 2. The molecule has 4 nitrogen and oxygen atoms in total. The predicted octanol–water partition coefficient (Wildman–Crippen LogP) is 5.37. The Balaban J connectivity index is 1.48. The number of nitrogens with zero attached hydrogens (tertiary/aromatic N) is 2. The molecule has 0 radical (unpaired) electrons. The number of aromatic nitrogens is 2. The molecule has 3 aromatic rings. The summed E-state index contributed by atoms with van der Waals surface area (Å²) < 4.78 is 2.28. The third-order valence-electron chi connectivity index (χ3n) is 5.15.